The molecule has 7 nitrogen and oxygen atoms in total. The average molecular weight is 346 g/mol. The van der Waals surface area contributed by atoms with Crippen LogP contribution in [0.3, 0.4) is 0 Å². The zero-order valence-electron chi connectivity index (χ0n) is 10.0. The van der Waals surface area contributed by atoms with Crippen LogP contribution in [0.25, 0.3) is 0 Å². The van der Waals surface area contributed by atoms with Crippen molar-refractivity contribution in [3.63, 3.8) is 0 Å². The van der Waals surface area contributed by atoms with E-state index in [1.54, 1.807) is 0 Å². The molecule has 0 fully saturated rings. The van der Waals surface area contributed by atoms with E-state index >= 15 is 0 Å². The van der Waals surface area contributed by atoms with Crippen molar-refractivity contribution in [1.82, 2.24) is 0 Å². The lowest BCUT2D eigenvalue weighted by Gasteiger charge is -2.06. The normalized spacial score (nSPS) is 12.3. The first-order chi connectivity index (χ1) is 8.94. The molecular weight excluding hydrogens is 337 g/mol. The molecule has 0 unspecified atom stereocenters. The van der Waals surface area contributed by atoms with E-state index in [2.05, 4.69) is 0 Å². The number of sulfone groups is 1. The molecule has 0 bridgehead atoms. The Kier molecular flexibility index (Phi) is 4.72. The summed E-state index contributed by atoms with van der Waals surface area (Å²) in [6.45, 7) is 1.23. The molecule has 1 rings (SSSR count). The number of nitro benzene ring substituents is 1. The van der Waals surface area contributed by atoms with E-state index in [0.29, 0.717) is 6.07 Å². The Morgan fingerprint density at radius 1 is 1.25 bits per heavy atom. The highest BCUT2D eigenvalue weighted by atomic mass is 35.7. The lowest BCUT2D eigenvalue weighted by molar-refractivity contribution is -0.388. The molecule has 20 heavy (non-hydrogen) atoms. The van der Waals surface area contributed by atoms with Gasteiger partial charge in [-0.15, -0.1) is 0 Å². The Balaban J connectivity index is 3.37. The number of rotatable bonds is 5. The smallest absolute Gasteiger partial charge is 0.258 e. The standard InChI is InChI=1S/C9H9ClFNO6S2/c1-6-4-9(8(12(13)14)5-7(6)11)19(15,16)2-3-20(10,17)18/h4-5H,2-3H2,1H3. The summed E-state index contributed by atoms with van der Waals surface area (Å²) in [6, 6.07) is 1.28. The molecule has 0 aromatic heterocycles. The molecule has 11 heteroatoms. The SMILES string of the molecule is Cc1cc(S(=O)(=O)CCS(=O)(=O)Cl)c([N+](=O)[O-])cc1F. The highest BCUT2D eigenvalue weighted by Gasteiger charge is 2.28. The number of hydrogen-bond acceptors (Lipinski definition) is 6. The van der Waals surface area contributed by atoms with Crippen molar-refractivity contribution in [2.45, 2.75) is 11.8 Å². The molecule has 0 aliphatic carbocycles. The number of nitro groups is 1. The van der Waals surface area contributed by atoms with E-state index in [9.17, 15) is 31.3 Å². The van der Waals surface area contributed by atoms with Gasteiger partial charge in [-0.2, -0.15) is 0 Å². The third-order valence-electron chi connectivity index (χ3n) is 2.37. The third kappa shape index (κ3) is 4.12. The monoisotopic (exact) mass is 345 g/mol. The second kappa shape index (κ2) is 5.62. The highest BCUT2D eigenvalue weighted by Crippen LogP contribution is 2.28. The minimum atomic E-state index is -4.28. The average Bonchev–Trinajstić information content (AvgIpc) is 2.28. The van der Waals surface area contributed by atoms with Gasteiger partial charge < -0.3 is 0 Å². The molecule has 0 aliphatic rings. The Morgan fingerprint density at radius 2 is 1.80 bits per heavy atom. The van der Waals surface area contributed by atoms with Gasteiger partial charge in [0.1, 0.15) is 10.7 Å². The molecule has 0 saturated carbocycles. The summed E-state index contributed by atoms with van der Waals surface area (Å²) in [7, 11) is -3.45. The van der Waals surface area contributed by atoms with Crippen LogP contribution in [0.15, 0.2) is 17.0 Å². The fourth-order valence-electron chi connectivity index (χ4n) is 1.36. The number of benzene rings is 1. The minimum absolute atomic E-state index is 0.108. The Labute approximate surface area is 118 Å². The summed E-state index contributed by atoms with van der Waals surface area (Å²) in [4.78, 5) is 8.98. The van der Waals surface area contributed by atoms with Crippen LogP contribution in [0.4, 0.5) is 10.1 Å². The van der Waals surface area contributed by atoms with Crippen molar-refractivity contribution >= 4 is 35.3 Å². The predicted molar refractivity (Wildman–Crippen MR) is 69.5 cm³/mol. The Bertz CT molecular complexity index is 759. The van der Waals surface area contributed by atoms with Gasteiger partial charge in [0.2, 0.25) is 9.05 Å². The van der Waals surface area contributed by atoms with E-state index < -0.39 is 51.7 Å². The van der Waals surface area contributed by atoms with Gasteiger partial charge in [0.15, 0.2) is 9.84 Å². The van der Waals surface area contributed by atoms with Crippen LogP contribution in [0.2, 0.25) is 0 Å². The molecule has 0 N–H and O–H groups in total. The van der Waals surface area contributed by atoms with Gasteiger partial charge in [0.25, 0.3) is 5.69 Å². The van der Waals surface area contributed by atoms with Gasteiger partial charge in [-0.25, -0.2) is 21.2 Å². The topological polar surface area (TPSA) is 111 Å². The Morgan fingerprint density at radius 3 is 2.25 bits per heavy atom. The van der Waals surface area contributed by atoms with E-state index in [4.69, 9.17) is 10.7 Å². The quantitative estimate of drug-likeness (QED) is 0.345. The summed E-state index contributed by atoms with van der Waals surface area (Å²) in [5, 5.41) is 10.8. The molecule has 0 heterocycles. The van der Waals surface area contributed by atoms with Gasteiger partial charge in [0, 0.05) is 10.7 Å². The van der Waals surface area contributed by atoms with Crippen molar-refractivity contribution in [2.75, 3.05) is 11.5 Å². The zero-order valence-corrected chi connectivity index (χ0v) is 12.4. The van der Waals surface area contributed by atoms with Crippen LogP contribution in [-0.4, -0.2) is 33.3 Å². The van der Waals surface area contributed by atoms with Crippen LogP contribution < -0.4 is 0 Å². The fourth-order valence-corrected chi connectivity index (χ4v) is 4.62. The van der Waals surface area contributed by atoms with E-state index in [1.807, 2.05) is 0 Å². The third-order valence-corrected chi connectivity index (χ3v) is 5.52. The molecule has 112 valence electrons. The Hall–Kier alpha value is -1.26. The lowest BCUT2D eigenvalue weighted by Crippen LogP contribution is -2.16. The second-order valence-electron chi connectivity index (χ2n) is 3.89. The van der Waals surface area contributed by atoms with Crippen LogP contribution in [0.5, 0.6) is 0 Å². The number of aryl methyl sites for hydroxylation is 1. The van der Waals surface area contributed by atoms with E-state index in [1.165, 1.54) is 6.92 Å². The molecule has 0 spiro atoms. The van der Waals surface area contributed by atoms with E-state index in [0.717, 1.165) is 6.07 Å². The van der Waals surface area contributed by atoms with Crippen molar-refractivity contribution in [2.24, 2.45) is 0 Å². The molecule has 1 aromatic rings. The minimum Gasteiger partial charge on any atom is -0.258 e. The second-order valence-corrected chi connectivity index (χ2v) is 8.86. The lowest BCUT2D eigenvalue weighted by atomic mass is 10.2. The summed E-state index contributed by atoms with van der Waals surface area (Å²) in [6.07, 6.45) is 0. The summed E-state index contributed by atoms with van der Waals surface area (Å²) >= 11 is 0. The van der Waals surface area contributed by atoms with Gasteiger partial charge >= 0.3 is 0 Å². The van der Waals surface area contributed by atoms with Crippen LogP contribution in [-0.2, 0) is 18.9 Å². The maximum atomic E-state index is 13.3. The molecule has 1 aromatic carbocycles. The van der Waals surface area contributed by atoms with Crippen LogP contribution in [0.1, 0.15) is 5.56 Å². The first-order valence-electron chi connectivity index (χ1n) is 5.03. The maximum absolute atomic E-state index is 13.3. The molecule has 0 aliphatic heterocycles. The van der Waals surface area contributed by atoms with Crippen molar-refractivity contribution in [3.05, 3.63) is 33.6 Å². The van der Waals surface area contributed by atoms with Crippen molar-refractivity contribution < 1.29 is 26.1 Å². The highest BCUT2D eigenvalue weighted by molar-refractivity contribution is 8.14. The van der Waals surface area contributed by atoms with Crippen LogP contribution >= 0.6 is 10.7 Å². The van der Waals surface area contributed by atoms with E-state index in [-0.39, 0.29) is 5.56 Å². The summed E-state index contributed by atoms with van der Waals surface area (Å²) in [5.41, 5.74) is -1.05. The predicted octanol–water partition coefficient (Wildman–Crippen LogP) is 1.38. The van der Waals surface area contributed by atoms with Gasteiger partial charge in [-0.05, 0) is 18.6 Å². The van der Waals surface area contributed by atoms with Gasteiger partial charge in [0.05, 0.1) is 22.5 Å². The first-order valence-corrected chi connectivity index (χ1v) is 9.17. The molecular formula is C9H9ClFNO6S2. The number of nitrogens with zero attached hydrogens (tertiary/aromatic N) is 1. The largest absolute Gasteiger partial charge is 0.290 e. The van der Waals surface area contributed by atoms with Crippen molar-refractivity contribution in [3.8, 4) is 0 Å². The van der Waals surface area contributed by atoms with Crippen molar-refractivity contribution in [1.29, 1.82) is 0 Å². The van der Waals surface area contributed by atoms with Gasteiger partial charge in [-0.1, -0.05) is 0 Å². The first kappa shape index (κ1) is 16.8. The van der Waals surface area contributed by atoms with Crippen LogP contribution in [0, 0.1) is 22.9 Å². The summed E-state index contributed by atoms with van der Waals surface area (Å²) < 4.78 is 58.6. The zero-order chi connectivity index (χ0) is 15.7. The number of hydrogen-bond donors (Lipinski definition) is 0. The molecule has 0 atom stereocenters. The summed E-state index contributed by atoms with van der Waals surface area (Å²) in [5.74, 6) is -2.75. The maximum Gasteiger partial charge on any atom is 0.290 e. The molecule has 0 amide bonds. The fraction of sp³-hybridized carbons (Fsp3) is 0.333. The van der Waals surface area contributed by atoms with Gasteiger partial charge in [-0.3, -0.25) is 10.1 Å². The molecule has 0 saturated heterocycles. The molecule has 0 radical (unpaired) electrons. The number of halogens is 2.